The number of nitrogens with two attached hydrogens (primary N) is 1. The van der Waals surface area contributed by atoms with E-state index in [4.69, 9.17) is 17.9 Å². The van der Waals surface area contributed by atoms with Crippen LogP contribution in [0.4, 0.5) is 11.4 Å². The van der Waals surface area contributed by atoms with E-state index in [-0.39, 0.29) is 16.8 Å². The molecular formula is C14H22N4O6S. The normalized spacial score (nSPS) is 21.2. The lowest BCUT2D eigenvalue weighted by Crippen LogP contribution is -2.58. The highest BCUT2D eigenvalue weighted by molar-refractivity contribution is 7.69. The van der Waals surface area contributed by atoms with Crippen LogP contribution in [-0.4, -0.2) is 70.5 Å². The van der Waals surface area contributed by atoms with Crippen molar-refractivity contribution in [3.63, 3.8) is 0 Å². The number of nitro groups is 1. The van der Waals surface area contributed by atoms with E-state index in [1.807, 2.05) is 11.9 Å². The third-order valence-corrected chi connectivity index (χ3v) is 4.11. The second-order valence-electron chi connectivity index (χ2n) is 5.65. The first-order valence-electron chi connectivity index (χ1n) is 7.69. The van der Waals surface area contributed by atoms with Crippen LogP contribution in [0.3, 0.4) is 0 Å². The Balaban J connectivity index is 0.000000511. The van der Waals surface area contributed by atoms with Crippen LogP contribution in [0.2, 0.25) is 0 Å². The Morgan fingerprint density at radius 2 is 2.00 bits per heavy atom. The summed E-state index contributed by atoms with van der Waals surface area (Å²) in [6.45, 7) is 3.78. The molecule has 0 aliphatic carbocycles. The maximum Gasteiger partial charge on any atom is 0.292 e. The zero-order chi connectivity index (χ0) is 18.4. The maximum atomic E-state index is 11.1. The zero-order valence-corrected chi connectivity index (χ0v) is 14.7. The van der Waals surface area contributed by atoms with Crippen LogP contribution in [0.1, 0.15) is 0 Å². The van der Waals surface area contributed by atoms with Gasteiger partial charge in [0.2, 0.25) is 0 Å². The van der Waals surface area contributed by atoms with E-state index in [9.17, 15) is 10.1 Å². The number of ether oxygens (including phenoxy) is 2. The smallest absolute Gasteiger partial charge is 0.292 e. The summed E-state index contributed by atoms with van der Waals surface area (Å²) in [5.41, 5.74) is 0.687. The molecule has 0 bridgehead atoms. The van der Waals surface area contributed by atoms with Gasteiger partial charge in [0.25, 0.3) is 5.69 Å². The summed E-state index contributed by atoms with van der Waals surface area (Å²) in [6.07, 6.45) is -0.180. The average Bonchev–Trinajstić information content (AvgIpc) is 2.52. The Labute approximate surface area is 147 Å². The van der Waals surface area contributed by atoms with E-state index in [2.05, 4.69) is 10.0 Å². The molecule has 25 heavy (non-hydrogen) atoms. The van der Waals surface area contributed by atoms with E-state index in [0.29, 0.717) is 18.3 Å². The van der Waals surface area contributed by atoms with Crippen LogP contribution >= 0.6 is 0 Å². The average molecular weight is 374 g/mol. The van der Waals surface area contributed by atoms with Gasteiger partial charge in [-0.1, -0.05) is 12.1 Å². The van der Waals surface area contributed by atoms with Gasteiger partial charge in [-0.15, -0.1) is 0 Å². The molecule has 0 aromatic heterocycles. The Kier molecular flexibility index (Phi) is 7.08. The van der Waals surface area contributed by atoms with E-state index >= 15 is 0 Å². The number of hydrogen-bond donors (Lipinski definition) is 2. The summed E-state index contributed by atoms with van der Waals surface area (Å²) in [5.74, 6) is 0. The van der Waals surface area contributed by atoms with Crippen molar-refractivity contribution in [3.8, 4) is 0 Å². The molecular weight excluding hydrogens is 352 g/mol. The number of anilines is 1. The molecule has 2 aliphatic rings. The first kappa shape index (κ1) is 19.5. The van der Waals surface area contributed by atoms with Crippen LogP contribution in [0.5, 0.6) is 0 Å². The maximum absolute atomic E-state index is 11.1. The largest absolute Gasteiger partial charge is 0.378 e. The Morgan fingerprint density at radius 1 is 1.36 bits per heavy atom. The lowest BCUT2D eigenvalue weighted by atomic mass is 10.2. The third-order valence-electron chi connectivity index (χ3n) is 4.11. The molecule has 10 nitrogen and oxygen atoms in total. The molecule has 2 fully saturated rings. The van der Waals surface area contributed by atoms with E-state index in [1.54, 1.807) is 18.2 Å². The summed E-state index contributed by atoms with van der Waals surface area (Å²) >= 11 is 0. The molecule has 1 aromatic rings. The number of thiol groups is 1. The number of hydrogen-bond acceptors (Lipinski definition) is 8. The van der Waals surface area contributed by atoms with Gasteiger partial charge in [-0.3, -0.25) is 15.0 Å². The van der Waals surface area contributed by atoms with Crippen molar-refractivity contribution >= 4 is 22.3 Å². The third kappa shape index (κ3) is 5.34. The monoisotopic (exact) mass is 374 g/mol. The van der Waals surface area contributed by atoms with Crippen LogP contribution in [-0.2, 0) is 20.4 Å². The van der Waals surface area contributed by atoms with Crippen molar-refractivity contribution in [1.29, 1.82) is 0 Å². The molecule has 0 saturated carbocycles. The molecule has 0 unspecified atom stereocenters. The van der Waals surface area contributed by atoms with E-state index in [0.717, 1.165) is 26.3 Å². The van der Waals surface area contributed by atoms with Gasteiger partial charge in [-0.25, -0.2) is 13.6 Å². The molecule has 0 spiro atoms. The van der Waals surface area contributed by atoms with Gasteiger partial charge in [-0.2, -0.15) is 0 Å². The van der Waals surface area contributed by atoms with Crippen molar-refractivity contribution < 1.29 is 22.8 Å². The Morgan fingerprint density at radius 3 is 2.56 bits per heavy atom. The van der Waals surface area contributed by atoms with Gasteiger partial charge in [0.1, 0.15) is 11.9 Å². The summed E-state index contributed by atoms with van der Waals surface area (Å²) in [4.78, 5) is 15.0. The number of nitro benzene ring substituents is 1. The first-order chi connectivity index (χ1) is 11.9. The molecule has 0 amide bonds. The number of para-hydroxylation sites is 2. The first-order valence-corrected chi connectivity index (χ1v) is 8.93. The van der Waals surface area contributed by atoms with Gasteiger partial charge in [0, 0.05) is 26.2 Å². The van der Waals surface area contributed by atoms with Crippen LogP contribution in [0.15, 0.2) is 24.3 Å². The summed E-state index contributed by atoms with van der Waals surface area (Å²) in [6, 6.07) is 7.21. The highest BCUT2D eigenvalue weighted by atomic mass is 32.2. The standard InChI is InChI=1S/C14H19N3O4.H3NO2S/c1-15(12-4-2-3-5-13(12)17(18)19)14-8-16(6-7-21-14)11-9-20-10-11;1-4(2)3/h2-5,11,14H,6-10H2,1H3;4H,(H2,1,2,3)/t14-;/m0./s1. The minimum atomic E-state index is -2.62. The highest BCUT2D eigenvalue weighted by Crippen LogP contribution is 2.29. The number of likely N-dealkylation sites (N-methyl/N-ethyl adjacent to an activating group) is 1. The van der Waals surface area contributed by atoms with E-state index < -0.39 is 10.9 Å². The topological polar surface area (TPSA) is 128 Å². The van der Waals surface area contributed by atoms with Crippen molar-refractivity contribution in [2.24, 2.45) is 5.14 Å². The lowest BCUT2D eigenvalue weighted by molar-refractivity contribution is -0.384. The summed E-state index contributed by atoms with van der Waals surface area (Å²) in [5, 5.41) is 15.2. The van der Waals surface area contributed by atoms with Crippen LogP contribution in [0, 0.1) is 10.1 Å². The predicted molar refractivity (Wildman–Crippen MR) is 91.9 cm³/mol. The molecule has 140 valence electrons. The molecule has 11 heteroatoms. The molecule has 0 radical (unpaired) electrons. The van der Waals surface area contributed by atoms with Crippen LogP contribution in [0.25, 0.3) is 0 Å². The quantitative estimate of drug-likeness (QED) is 0.412. The molecule has 2 heterocycles. The number of morpholine rings is 1. The number of benzene rings is 1. The van der Waals surface area contributed by atoms with Gasteiger partial charge < -0.3 is 14.4 Å². The second kappa shape index (κ2) is 9.06. The fraction of sp³-hybridized carbons (Fsp3) is 0.571. The molecule has 2 aliphatic heterocycles. The fourth-order valence-corrected chi connectivity index (χ4v) is 2.72. The molecule has 1 aromatic carbocycles. The fourth-order valence-electron chi connectivity index (χ4n) is 2.72. The Hall–Kier alpha value is -1.79. The van der Waals surface area contributed by atoms with Gasteiger partial charge in [0.05, 0.1) is 30.8 Å². The zero-order valence-electron chi connectivity index (χ0n) is 13.8. The summed E-state index contributed by atoms with van der Waals surface area (Å²) in [7, 11) is -0.779. The van der Waals surface area contributed by atoms with Crippen molar-refractivity contribution in [2.45, 2.75) is 12.3 Å². The number of rotatable bonds is 4. The summed E-state index contributed by atoms with van der Waals surface area (Å²) < 4.78 is 28.7. The SMILES string of the molecule is CN(c1ccccc1[N+](=O)[O-])[C@@H]1CN(C2COC2)CCO1.N[SH](=O)=O. The predicted octanol–water partition coefficient (Wildman–Crippen LogP) is -0.440. The molecule has 1 atom stereocenters. The Bertz CT molecular complexity index is 658. The minimum Gasteiger partial charge on any atom is -0.378 e. The molecule has 2 N–H and O–H groups in total. The lowest BCUT2D eigenvalue weighted by Gasteiger charge is -2.44. The van der Waals surface area contributed by atoms with E-state index in [1.165, 1.54) is 6.07 Å². The number of nitrogens with zero attached hydrogens (tertiary/aromatic N) is 3. The van der Waals surface area contributed by atoms with Gasteiger partial charge >= 0.3 is 0 Å². The van der Waals surface area contributed by atoms with Crippen molar-refractivity contribution in [1.82, 2.24) is 4.90 Å². The molecule has 2 saturated heterocycles. The van der Waals surface area contributed by atoms with Crippen molar-refractivity contribution in [2.75, 3.05) is 44.9 Å². The second-order valence-corrected chi connectivity index (χ2v) is 6.22. The van der Waals surface area contributed by atoms with Gasteiger partial charge in [0.15, 0.2) is 10.9 Å². The van der Waals surface area contributed by atoms with Crippen LogP contribution < -0.4 is 10.0 Å². The van der Waals surface area contributed by atoms with Crippen molar-refractivity contribution in [3.05, 3.63) is 34.4 Å². The highest BCUT2D eigenvalue weighted by Gasteiger charge is 2.33. The molecule has 3 rings (SSSR count). The minimum absolute atomic E-state index is 0.104. The van der Waals surface area contributed by atoms with Gasteiger partial charge in [-0.05, 0) is 6.07 Å².